The number of H-pyrrole nitrogens is 1. The first-order valence-corrected chi connectivity index (χ1v) is 2.11. The number of hydrogen-bond donors (Lipinski definition) is 3. The average molecular weight is 152 g/mol. The van der Waals surface area contributed by atoms with Crippen molar-refractivity contribution >= 4 is 35.5 Å². The Hall–Kier alpha value is -0.590. The van der Waals surface area contributed by atoms with E-state index in [1.54, 1.807) is 0 Å². The van der Waals surface area contributed by atoms with Crippen molar-refractivity contribution in [2.75, 3.05) is 0 Å². The molecule has 4 N–H and O–H groups in total. The summed E-state index contributed by atoms with van der Waals surface area (Å²) < 4.78 is 0. The summed E-state index contributed by atoms with van der Waals surface area (Å²) in [7, 11) is 0. The van der Waals surface area contributed by atoms with Gasteiger partial charge in [0.15, 0.2) is 5.69 Å². The quantitative estimate of drug-likeness (QED) is 0.403. The molecule has 0 aliphatic heterocycles. The zero-order chi connectivity index (χ0) is 6.85. The minimum absolute atomic E-state index is 0. The van der Waals surface area contributed by atoms with Crippen LogP contribution in [0.25, 0.3) is 0 Å². The number of amides is 1. The molecule has 10 heavy (non-hydrogen) atoms. The van der Waals surface area contributed by atoms with Crippen LogP contribution in [0.5, 0.6) is 5.88 Å². The van der Waals surface area contributed by atoms with Gasteiger partial charge in [0.1, 0.15) is 0 Å². The number of primary amides is 1. The van der Waals surface area contributed by atoms with Crippen molar-refractivity contribution in [3.8, 4) is 5.88 Å². The van der Waals surface area contributed by atoms with Crippen LogP contribution in [0.15, 0.2) is 0 Å². The number of aromatic hydroxyl groups is 1. The molecule has 0 fully saturated rings. The van der Waals surface area contributed by atoms with E-state index in [4.69, 9.17) is 10.8 Å². The van der Waals surface area contributed by atoms with E-state index in [1.165, 1.54) is 0 Å². The number of nitrogens with one attached hydrogen (secondary N) is 1. The molecule has 0 atom stereocenters. The number of hydrogen-bond acceptors (Lipinski definition) is 4. The molecule has 7 heteroatoms. The van der Waals surface area contributed by atoms with Gasteiger partial charge >= 0.3 is 29.6 Å². The van der Waals surface area contributed by atoms with Crippen molar-refractivity contribution in [2.45, 2.75) is 0 Å². The van der Waals surface area contributed by atoms with Crippen LogP contribution in [-0.2, 0) is 0 Å². The second-order valence-corrected chi connectivity index (χ2v) is 1.37. The Balaban J connectivity index is 0.000000810. The van der Waals surface area contributed by atoms with Crippen LogP contribution in [-0.4, -0.2) is 56.0 Å². The molecular weight excluding hydrogens is 147 g/mol. The second-order valence-electron chi connectivity index (χ2n) is 1.37. The van der Waals surface area contributed by atoms with Gasteiger partial charge in [0.2, 0.25) is 0 Å². The van der Waals surface area contributed by atoms with Crippen molar-refractivity contribution in [2.24, 2.45) is 5.73 Å². The summed E-state index contributed by atoms with van der Waals surface area (Å²) in [6, 6.07) is 0. The van der Waals surface area contributed by atoms with Crippen LogP contribution in [0.4, 0.5) is 0 Å². The van der Waals surface area contributed by atoms with Crippen LogP contribution >= 0.6 is 0 Å². The number of nitrogens with zero attached hydrogens (tertiary/aromatic N) is 2. The summed E-state index contributed by atoms with van der Waals surface area (Å²) in [5, 5.41) is 16.9. The van der Waals surface area contributed by atoms with Crippen LogP contribution in [0.3, 0.4) is 0 Å². The van der Waals surface area contributed by atoms with E-state index in [0.29, 0.717) is 0 Å². The summed E-state index contributed by atoms with van der Waals surface area (Å²) in [4.78, 5) is 10.2. The number of carbonyl (C=O) groups is 1. The summed E-state index contributed by atoms with van der Waals surface area (Å²) >= 11 is 0. The molecule has 0 unspecified atom stereocenters. The molecule has 0 radical (unpaired) electrons. The average Bonchev–Trinajstić information content (AvgIpc) is 2.13. The molecule has 50 valence electrons. The summed E-state index contributed by atoms with van der Waals surface area (Å²) in [5.41, 5.74) is 4.58. The predicted molar refractivity (Wildman–Crippen MR) is 33.7 cm³/mol. The number of carbonyl (C=O) groups excluding carboxylic acids is 1. The van der Waals surface area contributed by atoms with E-state index in [2.05, 4.69) is 15.4 Å². The number of rotatable bonds is 1. The molecule has 6 nitrogen and oxygen atoms in total. The zero-order valence-corrected chi connectivity index (χ0v) is 4.33. The summed E-state index contributed by atoms with van der Waals surface area (Å²) in [5.74, 6) is -1.25. The van der Waals surface area contributed by atoms with E-state index in [9.17, 15) is 4.79 Å². The maximum absolute atomic E-state index is 10.2. The molecule has 0 spiro atoms. The van der Waals surface area contributed by atoms with Gasteiger partial charge in [0.05, 0.1) is 0 Å². The zero-order valence-electron chi connectivity index (χ0n) is 4.33. The van der Waals surface area contributed by atoms with Gasteiger partial charge in [-0.1, -0.05) is 10.3 Å². The van der Waals surface area contributed by atoms with Gasteiger partial charge < -0.3 is 10.8 Å². The number of nitrogens with two attached hydrogens (primary N) is 1. The summed E-state index contributed by atoms with van der Waals surface area (Å²) in [6.45, 7) is 0. The van der Waals surface area contributed by atoms with Gasteiger partial charge in [0, 0.05) is 0 Å². The molecule has 1 aromatic rings. The fraction of sp³-hybridized carbons (Fsp3) is 0. The summed E-state index contributed by atoms with van der Waals surface area (Å²) in [6.07, 6.45) is 0. The Morgan fingerprint density at radius 3 is 2.50 bits per heavy atom. The molecule has 0 bridgehead atoms. The van der Waals surface area contributed by atoms with Crippen LogP contribution < -0.4 is 5.73 Å². The molecular formula is C3H5N4NaO2. The van der Waals surface area contributed by atoms with E-state index >= 15 is 0 Å². The Morgan fingerprint density at radius 1 is 1.70 bits per heavy atom. The Labute approximate surface area is 78.1 Å². The third-order valence-electron chi connectivity index (χ3n) is 0.777. The fourth-order valence-electron chi connectivity index (χ4n) is 0.388. The van der Waals surface area contributed by atoms with Crippen molar-refractivity contribution in [3.63, 3.8) is 0 Å². The van der Waals surface area contributed by atoms with E-state index in [-0.39, 0.29) is 35.3 Å². The molecule has 1 aromatic heterocycles. The van der Waals surface area contributed by atoms with Crippen LogP contribution in [0, 0.1) is 0 Å². The molecule has 0 aliphatic rings. The molecule has 0 aromatic carbocycles. The molecule has 0 saturated heterocycles. The van der Waals surface area contributed by atoms with Crippen molar-refractivity contribution < 1.29 is 9.90 Å². The normalized spacial score (nSPS) is 8.40. The maximum atomic E-state index is 10.2. The second kappa shape index (κ2) is 3.55. The molecule has 0 saturated carbocycles. The topological polar surface area (TPSA) is 105 Å². The van der Waals surface area contributed by atoms with Gasteiger partial charge in [-0.15, -0.1) is 0 Å². The van der Waals surface area contributed by atoms with Crippen molar-refractivity contribution in [3.05, 3.63) is 5.69 Å². The number of aromatic nitrogens is 3. The predicted octanol–water partition coefficient (Wildman–Crippen LogP) is -2.04. The van der Waals surface area contributed by atoms with Gasteiger partial charge in [0.25, 0.3) is 11.8 Å². The van der Waals surface area contributed by atoms with E-state index in [1.807, 2.05) is 0 Å². The third kappa shape index (κ3) is 1.69. The first kappa shape index (κ1) is 9.41. The SMILES string of the molecule is NC(=O)c1[nH]nnc1O.[NaH]. The Kier molecular flexibility index (Phi) is 3.34. The van der Waals surface area contributed by atoms with Crippen molar-refractivity contribution in [1.82, 2.24) is 15.4 Å². The molecule has 1 rings (SSSR count). The Morgan fingerprint density at radius 2 is 2.30 bits per heavy atom. The van der Waals surface area contributed by atoms with E-state index in [0.717, 1.165) is 0 Å². The number of aromatic amines is 1. The van der Waals surface area contributed by atoms with E-state index < -0.39 is 11.8 Å². The van der Waals surface area contributed by atoms with Crippen molar-refractivity contribution in [1.29, 1.82) is 0 Å². The monoisotopic (exact) mass is 152 g/mol. The molecule has 0 aliphatic carbocycles. The van der Waals surface area contributed by atoms with Crippen LogP contribution in [0.2, 0.25) is 0 Å². The first-order chi connectivity index (χ1) is 4.22. The molecule has 1 amide bonds. The third-order valence-corrected chi connectivity index (χ3v) is 0.777. The first-order valence-electron chi connectivity index (χ1n) is 2.11. The van der Waals surface area contributed by atoms with Gasteiger partial charge in [-0.3, -0.25) is 4.79 Å². The van der Waals surface area contributed by atoms with Gasteiger partial charge in [-0.05, 0) is 0 Å². The standard InChI is InChI=1S/C3H4N4O2.Na.H/c4-2(8)1-3(9)6-7-5-1;;/h(H2,4,8)(H2,5,6,7,9);;. The van der Waals surface area contributed by atoms with Gasteiger partial charge in [-0.2, -0.15) is 0 Å². The Bertz CT molecular complexity index is 234. The van der Waals surface area contributed by atoms with Crippen LogP contribution in [0.1, 0.15) is 10.5 Å². The minimum atomic E-state index is -0.780. The fourth-order valence-corrected chi connectivity index (χ4v) is 0.388. The molecule has 1 heterocycles. The van der Waals surface area contributed by atoms with Gasteiger partial charge in [-0.25, -0.2) is 5.10 Å².